The molecule has 1 aromatic rings. The third-order valence-corrected chi connectivity index (χ3v) is 2.57. The van der Waals surface area contributed by atoms with Crippen LogP contribution in [0, 0.1) is 0 Å². The van der Waals surface area contributed by atoms with E-state index in [9.17, 15) is 4.79 Å². The second kappa shape index (κ2) is 9.16. The van der Waals surface area contributed by atoms with Gasteiger partial charge < -0.3 is 15.4 Å². The Hall–Kier alpha value is -1.81. The summed E-state index contributed by atoms with van der Waals surface area (Å²) in [4.78, 5) is 11.5. The Balaban J connectivity index is 2.28. The van der Waals surface area contributed by atoms with Crippen molar-refractivity contribution in [2.75, 3.05) is 26.7 Å². The molecule has 0 saturated heterocycles. The minimum absolute atomic E-state index is 0.0749. The summed E-state index contributed by atoms with van der Waals surface area (Å²) in [7, 11) is 1.63. The molecule has 4 nitrogen and oxygen atoms in total. The Kier molecular flexibility index (Phi) is 7.35. The molecular weight excluding hydrogens is 240 g/mol. The van der Waals surface area contributed by atoms with Crippen LogP contribution in [0.15, 0.2) is 30.3 Å². The van der Waals surface area contributed by atoms with Crippen molar-refractivity contribution in [3.63, 3.8) is 0 Å². The summed E-state index contributed by atoms with van der Waals surface area (Å²) in [5.74, 6) is 0.734. The Morgan fingerprint density at radius 1 is 1.21 bits per heavy atom. The molecule has 0 aliphatic carbocycles. The van der Waals surface area contributed by atoms with Crippen LogP contribution in [0.5, 0.6) is 5.75 Å². The van der Waals surface area contributed by atoms with Gasteiger partial charge in [-0.3, -0.25) is 4.79 Å². The molecule has 0 bridgehead atoms. The number of nitrogens with one attached hydrogen (secondary N) is 2. The highest BCUT2D eigenvalue weighted by Gasteiger charge is 1.95. The van der Waals surface area contributed by atoms with E-state index in [0.29, 0.717) is 6.54 Å². The predicted molar refractivity (Wildman–Crippen MR) is 78.2 cm³/mol. The molecule has 0 aliphatic heterocycles. The zero-order chi connectivity index (χ0) is 13.9. The lowest BCUT2D eigenvalue weighted by Crippen LogP contribution is -2.30. The van der Waals surface area contributed by atoms with E-state index in [0.717, 1.165) is 30.8 Å². The molecule has 1 rings (SSSR count). The van der Waals surface area contributed by atoms with Gasteiger partial charge >= 0.3 is 0 Å². The number of carbonyl (C=O) groups excluding carboxylic acids is 1. The molecule has 104 valence electrons. The lowest BCUT2D eigenvalue weighted by Gasteiger charge is -2.03. The molecule has 0 heterocycles. The van der Waals surface area contributed by atoms with Crippen molar-refractivity contribution in [3.05, 3.63) is 35.9 Å². The molecule has 0 fully saturated rings. The first-order chi connectivity index (χ1) is 9.26. The summed E-state index contributed by atoms with van der Waals surface area (Å²) in [6, 6.07) is 7.55. The summed E-state index contributed by atoms with van der Waals surface area (Å²) in [5, 5.41) is 6.05. The Morgan fingerprint density at radius 3 is 2.58 bits per heavy atom. The summed E-state index contributed by atoms with van der Waals surface area (Å²) < 4.78 is 5.07. The van der Waals surface area contributed by atoms with Crippen LogP contribution in [0.1, 0.15) is 18.9 Å². The minimum atomic E-state index is -0.0749. The molecule has 0 unspecified atom stereocenters. The molecule has 2 N–H and O–H groups in total. The fourth-order valence-electron chi connectivity index (χ4n) is 1.52. The van der Waals surface area contributed by atoms with E-state index in [4.69, 9.17) is 4.74 Å². The molecular formula is C15H22N2O2. The number of ether oxygens (including phenoxy) is 1. The van der Waals surface area contributed by atoms with Crippen molar-refractivity contribution in [3.8, 4) is 5.75 Å². The fourth-order valence-corrected chi connectivity index (χ4v) is 1.52. The smallest absolute Gasteiger partial charge is 0.244 e. The highest BCUT2D eigenvalue weighted by atomic mass is 16.5. The van der Waals surface area contributed by atoms with Crippen LogP contribution in [0.3, 0.4) is 0 Å². The van der Waals surface area contributed by atoms with E-state index in [1.54, 1.807) is 19.3 Å². The van der Waals surface area contributed by atoms with E-state index in [1.807, 2.05) is 24.3 Å². The van der Waals surface area contributed by atoms with Gasteiger partial charge in [0.1, 0.15) is 5.75 Å². The maximum absolute atomic E-state index is 11.5. The second-order valence-electron chi connectivity index (χ2n) is 4.15. The highest BCUT2D eigenvalue weighted by Crippen LogP contribution is 2.11. The maximum atomic E-state index is 11.5. The molecule has 0 saturated carbocycles. The maximum Gasteiger partial charge on any atom is 0.244 e. The standard InChI is InChI=1S/C15H22N2O2/c1-3-10-16-11-12-17-15(18)9-6-13-4-7-14(19-2)8-5-13/h4-9,16H,3,10-12H2,1-2H3,(H,17,18)/b9-6+. The largest absolute Gasteiger partial charge is 0.497 e. The fraction of sp³-hybridized carbons (Fsp3) is 0.400. The van der Waals surface area contributed by atoms with Gasteiger partial charge in [0, 0.05) is 19.2 Å². The number of hydrogen-bond acceptors (Lipinski definition) is 3. The quantitative estimate of drug-likeness (QED) is 0.555. The lowest BCUT2D eigenvalue weighted by atomic mass is 10.2. The van der Waals surface area contributed by atoms with Gasteiger partial charge in [-0.1, -0.05) is 19.1 Å². The van der Waals surface area contributed by atoms with Crippen molar-refractivity contribution < 1.29 is 9.53 Å². The number of amides is 1. The van der Waals surface area contributed by atoms with Crippen molar-refractivity contribution in [2.24, 2.45) is 0 Å². The molecule has 0 aromatic heterocycles. The minimum Gasteiger partial charge on any atom is -0.497 e. The van der Waals surface area contributed by atoms with Gasteiger partial charge in [0.2, 0.25) is 5.91 Å². The van der Waals surface area contributed by atoms with Crippen LogP contribution >= 0.6 is 0 Å². The Bertz CT molecular complexity index is 399. The topological polar surface area (TPSA) is 50.4 Å². The molecule has 4 heteroatoms. The first-order valence-electron chi connectivity index (χ1n) is 6.57. The van der Waals surface area contributed by atoms with E-state index in [2.05, 4.69) is 17.6 Å². The number of methoxy groups -OCH3 is 1. The third-order valence-electron chi connectivity index (χ3n) is 2.57. The number of hydrogen-bond donors (Lipinski definition) is 2. The van der Waals surface area contributed by atoms with Gasteiger partial charge in [0.15, 0.2) is 0 Å². The van der Waals surface area contributed by atoms with Gasteiger partial charge in [-0.25, -0.2) is 0 Å². The summed E-state index contributed by atoms with van der Waals surface area (Å²) in [5.41, 5.74) is 0.972. The van der Waals surface area contributed by atoms with Crippen LogP contribution in [0.25, 0.3) is 6.08 Å². The molecule has 0 spiro atoms. The number of rotatable bonds is 8. The zero-order valence-corrected chi connectivity index (χ0v) is 11.6. The molecule has 0 aliphatic rings. The van der Waals surface area contributed by atoms with Crippen molar-refractivity contribution in [1.29, 1.82) is 0 Å². The summed E-state index contributed by atoms with van der Waals surface area (Å²) >= 11 is 0. The van der Waals surface area contributed by atoms with Crippen molar-refractivity contribution >= 4 is 12.0 Å². The molecule has 0 atom stereocenters. The highest BCUT2D eigenvalue weighted by molar-refractivity contribution is 5.91. The second-order valence-corrected chi connectivity index (χ2v) is 4.15. The average molecular weight is 262 g/mol. The van der Waals surface area contributed by atoms with Gasteiger partial charge in [-0.15, -0.1) is 0 Å². The first-order valence-corrected chi connectivity index (χ1v) is 6.57. The Labute approximate surface area is 114 Å². The van der Waals surface area contributed by atoms with Gasteiger partial charge in [0.25, 0.3) is 0 Å². The molecule has 0 radical (unpaired) electrons. The van der Waals surface area contributed by atoms with Crippen LogP contribution in [0.2, 0.25) is 0 Å². The first kappa shape index (κ1) is 15.2. The molecule has 1 amide bonds. The van der Waals surface area contributed by atoms with E-state index >= 15 is 0 Å². The van der Waals surface area contributed by atoms with Crippen LogP contribution < -0.4 is 15.4 Å². The van der Waals surface area contributed by atoms with Crippen molar-refractivity contribution in [2.45, 2.75) is 13.3 Å². The normalized spacial score (nSPS) is 10.6. The SMILES string of the molecule is CCCNCCNC(=O)/C=C/c1ccc(OC)cc1. The van der Waals surface area contributed by atoms with E-state index in [-0.39, 0.29) is 5.91 Å². The van der Waals surface area contributed by atoms with Crippen LogP contribution in [-0.4, -0.2) is 32.7 Å². The van der Waals surface area contributed by atoms with E-state index < -0.39 is 0 Å². The van der Waals surface area contributed by atoms with Gasteiger partial charge in [0.05, 0.1) is 7.11 Å². The van der Waals surface area contributed by atoms with Crippen LogP contribution in [-0.2, 0) is 4.79 Å². The lowest BCUT2D eigenvalue weighted by molar-refractivity contribution is -0.116. The molecule has 19 heavy (non-hydrogen) atoms. The Morgan fingerprint density at radius 2 is 1.95 bits per heavy atom. The van der Waals surface area contributed by atoms with E-state index in [1.165, 1.54) is 0 Å². The van der Waals surface area contributed by atoms with Gasteiger partial charge in [-0.2, -0.15) is 0 Å². The average Bonchev–Trinajstić information content (AvgIpc) is 2.45. The number of carbonyl (C=O) groups is 1. The van der Waals surface area contributed by atoms with Gasteiger partial charge in [-0.05, 0) is 36.7 Å². The monoisotopic (exact) mass is 262 g/mol. The summed E-state index contributed by atoms with van der Waals surface area (Å²) in [6.45, 7) is 4.54. The van der Waals surface area contributed by atoms with Crippen molar-refractivity contribution in [1.82, 2.24) is 10.6 Å². The van der Waals surface area contributed by atoms with Crippen LogP contribution in [0.4, 0.5) is 0 Å². The zero-order valence-electron chi connectivity index (χ0n) is 11.6. The molecule has 1 aromatic carbocycles. The number of benzene rings is 1. The summed E-state index contributed by atoms with van der Waals surface area (Å²) in [6.07, 6.45) is 4.43. The predicted octanol–water partition coefficient (Wildman–Crippen LogP) is 1.82. The third kappa shape index (κ3) is 6.62.